The van der Waals surface area contributed by atoms with Crippen LogP contribution in [0.4, 0.5) is 0 Å². The summed E-state index contributed by atoms with van der Waals surface area (Å²) >= 11 is 0. The summed E-state index contributed by atoms with van der Waals surface area (Å²) in [4.78, 5) is 13.0. The number of hydrogen-bond acceptors (Lipinski definition) is 5. The SMILES string of the molecule is C=CC(N1CCC(OCC(C)C)CC1)S(=O)(=O)c1cccc(C(=O)O)c1. The van der Waals surface area contributed by atoms with Crippen LogP contribution in [0.2, 0.25) is 0 Å². The number of carboxylic acids is 1. The molecule has 1 fully saturated rings. The highest BCUT2D eigenvalue weighted by atomic mass is 32.2. The summed E-state index contributed by atoms with van der Waals surface area (Å²) in [6.07, 6.45) is 3.10. The zero-order chi connectivity index (χ0) is 19.3. The van der Waals surface area contributed by atoms with Gasteiger partial charge in [-0.25, -0.2) is 13.2 Å². The minimum absolute atomic E-state index is 0.000446. The van der Waals surface area contributed by atoms with Gasteiger partial charge in [-0.3, -0.25) is 4.90 Å². The summed E-state index contributed by atoms with van der Waals surface area (Å²) < 4.78 is 31.8. The summed E-state index contributed by atoms with van der Waals surface area (Å²) in [7, 11) is -3.75. The molecule has 1 atom stereocenters. The van der Waals surface area contributed by atoms with Crippen LogP contribution in [0.15, 0.2) is 41.8 Å². The fourth-order valence-corrected chi connectivity index (χ4v) is 4.74. The summed E-state index contributed by atoms with van der Waals surface area (Å²) in [5.74, 6) is -0.684. The predicted octanol–water partition coefficient (Wildman–Crippen LogP) is 2.81. The van der Waals surface area contributed by atoms with E-state index in [1.807, 2.05) is 4.90 Å². The number of likely N-dealkylation sites (tertiary alicyclic amines) is 1. The topological polar surface area (TPSA) is 83.9 Å². The quantitative estimate of drug-likeness (QED) is 0.697. The molecule has 0 bridgehead atoms. The maximum absolute atomic E-state index is 13.0. The Balaban J connectivity index is 2.12. The van der Waals surface area contributed by atoms with Crippen molar-refractivity contribution >= 4 is 15.8 Å². The molecule has 2 rings (SSSR count). The predicted molar refractivity (Wildman–Crippen MR) is 100.0 cm³/mol. The lowest BCUT2D eigenvalue weighted by Gasteiger charge is -2.36. The van der Waals surface area contributed by atoms with E-state index in [9.17, 15) is 13.2 Å². The van der Waals surface area contributed by atoms with E-state index in [4.69, 9.17) is 9.84 Å². The van der Waals surface area contributed by atoms with Crippen LogP contribution in [0.3, 0.4) is 0 Å². The smallest absolute Gasteiger partial charge is 0.335 e. The highest BCUT2D eigenvalue weighted by Gasteiger charge is 2.33. The van der Waals surface area contributed by atoms with Gasteiger partial charge in [-0.15, -0.1) is 6.58 Å². The number of sulfone groups is 1. The van der Waals surface area contributed by atoms with Crippen LogP contribution in [0.5, 0.6) is 0 Å². The van der Waals surface area contributed by atoms with E-state index >= 15 is 0 Å². The molecule has 0 radical (unpaired) electrons. The van der Waals surface area contributed by atoms with Crippen molar-refractivity contribution in [3.05, 3.63) is 42.5 Å². The maximum Gasteiger partial charge on any atom is 0.335 e. The third kappa shape index (κ3) is 4.93. The number of hydrogen-bond donors (Lipinski definition) is 1. The van der Waals surface area contributed by atoms with Gasteiger partial charge in [-0.2, -0.15) is 0 Å². The highest BCUT2D eigenvalue weighted by molar-refractivity contribution is 7.92. The molecular formula is C19H27NO5S. The lowest BCUT2D eigenvalue weighted by Crippen LogP contribution is -2.46. The van der Waals surface area contributed by atoms with E-state index in [1.165, 1.54) is 30.3 Å². The molecule has 6 nitrogen and oxygen atoms in total. The van der Waals surface area contributed by atoms with E-state index in [0.29, 0.717) is 25.6 Å². The second-order valence-corrected chi connectivity index (χ2v) is 9.01. The lowest BCUT2D eigenvalue weighted by molar-refractivity contribution is -0.00461. The molecule has 0 spiro atoms. The van der Waals surface area contributed by atoms with E-state index in [-0.39, 0.29) is 16.6 Å². The number of piperidine rings is 1. The Bertz CT molecular complexity index is 736. The Morgan fingerprint density at radius 3 is 2.58 bits per heavy atom. The van der Waals surface area contributed by atoms with Crippen LogP contribution in [0, 0.1) is 5.92 Å². The Kier molecular flexibility index (Phi) is 6.97. The Hall–Kier alpha value is -1.70. The Labute approximate surface area is 155 Å². The zero-order valence-corrected chi connectivity index (χ0v) is 16.1. The average Bonchev–Trinajstić information content (AvgIpc) is 2.61. The summed E-state index contributed by atoms with van der Waals surface area (Å²) in [5, 5.41) is 8.22. The molecule has 26 heavy (non-hydrogen) atoms. The van der Waals surface area contributed by atoms with Crippen LogP contribution < -0.4 is 0 Å². The normalized spacial score (nSPS) is 18.0. The fraction of sp³-hybridized carbons (Fsp3) is 0.526. The third-order valence-electron chi connectivity index (χ3n) is 4.43. The van der Waals surface area contributed by atoms with Gasteiger partial charge in [0.15, 0.2) is 9.84 Å². The van der Waals surface area contributed by atoms with Crippen molar-refractivity contribution in [1.82, 2.24) is 4.90 Å². The summed E-state index contributed by atoms with van der Waals surface area (Å²) in [6, 6.07) is 5.45. The van der Waals surface area contributed by atoms with Crippen LogP contribution in [-0.4, -0.2) is 55.6 Å². The van der Waals surface area contributed by atoms with Crippen molar-refractivity contribution in [2.75, 3.05) is 19.7 Å². The molecule has 1 aliphatic heterocycles. The molecular weight excluding hydrogens is 354 g/mol. The van der Waals surface area contributed by atoms with E-state index in [0.717, 1.165) is 12.8 Å². The molecule has 1 aromatic rings. The van der Waals surface area contributed by atoms with Crippen molar-refractivity contribution in [2.24, 2.45) is 5.92 Å². The minimum Gasteiger partial charge on any atom is -0.478 e. The van der Waals surface area contributed by atoms with Gasteiger partial charge in [0.25, 0.3) is 0 Å². The molecule has 0 amide bonds. The average molecular weight is 381 g/mol. The molecule has 0 aromatic heterocycles. The molecule has 1 saturated heterocycles. The molecule has 0 saturated carbocycles. The van der Waals surface area contributed by atoms with E-state index in [1.54, 1.807) is 0 Å². The Morgan fingerprint density at radius 2 is 2.04 bits per heavy atom. The number of aromatic carboxylic acids is 1. The van der Waals surface area contributed by atoms with Crippen molar-refractivity contribution < 1.29 is 23.1 Å². The lowest BCUT2D eigenvalue weighted by atomic mass is 10.1. The number of rotatable bonds is 8. The first-order valence-electron chi connectivity index (χ1n) is 8.81. The van der Waals surface area contributed by atoms with Crippen LogP contribution in [0.1, 0.15) is 37.0 Å². The van der Waals surface area contributed by atoms with Gasteiger partial charge in [0.2, 0.25) is 0 Å². The number of carbonyl (C=O) groups is 1. The first-order valence-corrected chi connectivity index (χ1v) is 10.4. The second kappa shape index (κ2) is 8.79. The van der Waals surface area contributed by atoms with Crippen LogP contribution in [-0.2, 0) is 14.6 Å². The monoisotopic (exact) mass is 381 g/mol. The molecule has 1 N–H and O–H groups in total. The van der Waals surface area contributed by atoms with Gasteiger partial charge < -0.3 is 9.84 Å². The first kappa shape index (κ1) is 20.6. The van der Waals surface area contributed by atoms with Gasteiger partial charge in [0, 0.05) is 19.7 Å². The van der Waals surface area contributed by atoms with Gasteiger partial charge in [0.05, 0.1) is 16.6 Å². The molecule has 1 heterocycles. The second-order valence-electron chi connectivity index (χ2n) is 6.97. The van der Waals surface area contributed by atoms with E-state index in [2.05, 4.69) is 20.4 Å². The molecule has 1 aliphatic rings. The molecule has 0 aliphatic carbocycles. The number of nitrogens with zero attached hydrogens (tertiary/aromatic N) is 1. The molecule has 7 heteroatoms. The van der Waals surface area contributed by atoms with Crippen molar-refractivity contribution in [2.45, 2.75) is 43.1 Å². The van der Waals surface area contributed by atoms with Crippen molar-refractivity contribution in [3.63, 3.8) is 0 Å². The number of carboxylic acid groups (broad SMARTS) is 1. The van der Waals surface area contributed by atoms with Gasteiger partial charge >= 0.3 is 5.97 Å². The number of ether oxygens (including phenoxy) is 1. The van der Waals surface area contributed by atoms with Gasteiger partial charge in [-0.05, 0) is 37.0 Å². The molecule has 1 unspecified atom stereocenters. The summed E-state index contributed by atoms with van der Waals surface area (Å²) in [6.45, 7) is 9.78. The van der Waals surface area contributed by atoms with Crippen LogP contribution in [0.25, 0.3) is 0 Å². The molecule has 1 aromatic carbocycles. The fourth-order valence-electron chi connectivity index (χ4n) is 3.04. The minimum atomic E-state index is -3.75. The van der Waals surface area contributed by atoms with Crippen molar-refractivity contribution in [3.8, 4) is 0 Å². The number of benzene rings is 1. The molecule has 144 valence electrons. The van der Waals surface area contributed by atoms with Crippen LogP contribution >= 0.6 is 0 Å². The standard InChI is InChI=1S/C19H27NO5S/c1-4-18(20-10-8-16(9-11-20)25-13-14(2)3)26(23,24)17-7-5-6-15(12-17)19(21)22/h4-7,12,14,16,18H,1,8-11,13H2,2-3H3,(H,21,22). The van der Waals surface area contributed by atoms with E-state index < -0.39 is 21.2 Å². The highest BCUT2D eigenvalue weighted by Crippen LogP contribution is 2.25. The van der Waals surface area contributed by atoms with Gasteiger partial charge in [-0.1, -0.05) is 26.0 Å². The van der Waals surface area contributed by atoms with Crippen molar-refractivity contribution in [1.29, 1.82) is 0 Å². The largest absolute Gasteiger partial charge is 0.478 e. The third-order valence-corrected chi connectivity index (χ3v) is 6.47. The first-order chi connectivity index (χ1) is 12.3. The Morgan fingerprint density at radius 1 is 1.38 bits per heavy atom. The maximum atomic E-state index is 13.0. The van der Waals surface area contributed by atoms with Gasteiger partial charge in [0.1, 0.15) is 5.37 Å². The summed E-state index contributed by atoms with van der Waals surface area (Å²) in [5.41, 5.74) is -0.0466. The zero-order valence-electron chi connectivity index (χ0n) is 15.3.